The number of hydrogen-bond acceptors (Lipinski definition) is 6. The summed E-state index contributed by atoms with van der Waals surface area (Å²) in [6.07, 6.45) is 0.851. The Hall–Kier alpha value is -2.09. The molecule has 0 saturated heterocycles. The van der Waals surface area contributed by atoms with E-state index in [0.29, 0.717) is 9.72 Å². The van der Waals surface area contributed by atoms with Crippen molar-refractivity contribution in [2.24, 2.45) is 0 Å². The summed E-state index contributed by atoms with van der Waals surface area (Å²) >= 11 is 0. The highest BCUT2D eigenvalue weighted by molar-refractivity contribution is 7.89. The molecule has 0 N–H and O–H groups in total. The molecule has 0 aliphatic rings. The second-order valence-electron chi connectivity index (χ2n) is 3.17. The van der Waals surface area contributed by atoms with Crippen molar-refractivity contribution in [3.63, 3.8) is 0 Å². The fourth-order valence-electron chi connectivity index (χ4n) is 1.16. The van der Waals surface area contributed by atoms with Crippen LogP contribution in [0.4, 0.5) is 0 Å². The maximum absolute atomic E-state index is 11.3. The summed E-state index contributed by atoms with van der Waals surface area (Å²) in [4.78, 5) is 11.2. The van der Waals surface area contributed by atoms with E-state index in [2.05, 4.69) is 9.68 Å². The Morgan fingerprint density at radius 1 is 1.29 bits per heavy atom. The monoisotopic (exact) mass is 256 g/mol. The van der Waals surface area contributed by atoms with Crippen molar-refractivity contribution in [2.75, 3.05) is 6.26 Å². The minimum Gasteiger partial charge on any atom is -0.423 e. The molecule has 0 spiro atoms. The van der Waals surface area contributed by atoms with Gasteiger partial charge in [0.05, 0.1) is 6.26 Å². The van der Waals surface area contributed by atoms with Crippen molar-refractivity contribution in [2.45, 2.75) is 0 Å². The van der Waals surface area contributed by atoms with E-state index in [-0.39, 0.29) is 0 Å². The summed E-state index contributed by atoms with van der Waals surface area (Å²) < 4.78 is 32.3. The number of hydrogen-bond donors (Lipinski definition) is 0. The molecule has 2 rings (SSSR count). The molecule has 0 fully saturated rings. The maximum Gasteiger partial charge on any atom is 0.458 e. The summed E-state index contributed by atoms with van der Waals surface area (Å²) in [5.74, 6) is -0.767. The lowest BCUT2D eigenvalue weighted by Crippen LogP contribution is -2.22. The molecule has 0 unspecified atom stereocenters. The van der Waals surface area contributed by atoms with E-state index in [9.17, 15) is 13.2 Å². The average molecular weight is 256 g/mol. The molecule has 7 nitrogen and oxygen atoms in total. The first-order chi connectivity index (χ1) is 7.98. The molecule has 8 heteroatoms. The lowest BCUT2D eigenvalue weighted by Gasteiger charge is -2.03. The summed E-state index contributed by atoms with van der Waals surface area (Å²) in [6.45, 7) is 0. The predicted octanol–water partition coefficient (Wildman–Crippen LogP) is 0.436. The van der Waals surface area contributed by atoms with Crippen LogP contribution in [0.2, 0.25) is 0 Å². The minimum absolute atomic E-state index is 0.346. The van der Waals surface area contributed by atoms with E-state index in [1.54, 1.807) is 30.3 Å². The van der Waals surface area contributed by atoms with Gasteiger partial charge in [0.25, 0.3) is 0 Å². The molecule has 17 heavy (non-hydrogen) atoms. The van der Waals surface area contributed by atoms with Gasteiger partial charge in [-0.1, -0.05) is 18.2 Å². The van der Waals surface area contributed by atoms with Gasteiger partial charge in [-0.05, 0) is 17.3 Å². The highest BCUT2D eigenvalue weighted by atomic mass is 32.2. The smallest absolute Gasteiger partial charge is 0.423 e. The highest BCUT2D eigenvalue weighted by Gasteiger charge is 2.20. The summed E-state index contributed by atoms with van der Waals surface area (Å²) in [7, 11) is -3.82. The van der Waals surface area contributed by atoms with E-state index in [0.717, 1.165) is 6.26 Å². The van der Waals surface area contributed by atoms with Gasteiger partial charge in [0, 0.05) is 0 Å². The van der Waals surface area contributed by atoms with Gasteiger partial charge in [0.15, 0.2) is 0 Å². The van der Waals surface area contributed by atoms with Crippen LogP contribution in [-0.4, -0.2) is 23.8 Å². The van der Waals surface area contributed by atoms with Crippen LogP contribution < -0.4 is 10.5 Å². The van der Waals surface area contributed by atoms with Crippen LogP contribution in [0.1, 0.15) is 0 Å². The van der Waals surface area contributed by atoms with Crippen LogP contribution in [0.15, 0.2) is 39.6 Å². The summed E-state index contributed by atoms with van der Waals surface area (Å²) in [5, 5.41) is 3.25. The second-order valence-corrected chi connectivity index (χ2v) is 5.00. The molecule has 0 aliphatic carbocycles. The SMILES string of the molecule is CS(=O)(=O)n1c(Oc2ccccc2)noc1=O. The molecule has 0 atom stereocenters. The van der Waals surface area contributed by atoms with Crippen molar-refractivity contribution in [3.05, 3.63) is 40.9 Å². The number of rotatable bonds is 3. The van der Waals surface area contributed by atoms with E-state index < -0.39 is 21.8 Å². The first kappa shape index (κ1) is 11.4. The number of benzene rings is 1. The van der Waals surface area contributed by atoms with E-state index in [1.807, 2.05) is 0 Å². The Bertz CT molecular complexity index is 671. The molecule has 2 aromatic rings. The molecule has 1 heterocycles. The van der Waals surface area contributed by atoms with Gasteiger partial charge in [-0.3, -0.25) is 4.52 Å². The van der Waals surface area contributed by atoms with Crippen molar-refractivity contribution < 1.29 is 17.7 Å². The number of ether oxygens (including phenoxy) is 1. The quantitative estimate of drug-likeness (QED) is 0.791. The summed E-state index contributed by atoms with van der Waals surface area (Å²) in [6, 6.07) is 7.90. The zero-order valence-electron chi connectivity index (χ0n) is 8.73. The number of nitrogens with zero attached hydrogens (tertiary/aromatic N) is 2. The van der Waals surface area contributed by atoms with Crippen molar-refractivity contribution in [1.82, 2.24) is 9.13 Å². The molecule has 90 valence electrons. The van der Waals surface area contributed by atoms with Crippen LogP contribution in [-0.2, 0) is 10.0 Å². The van der Waals surface area contributed by atoms with Gasteiger partial charge in [0.1, 0.15) is 5.75 Å². The van der Waals surface area contributed by atoms with Gasteiger partial charge in [-0.2, -0.15) is 0 Å². The van der Waals surface area contributed by atoms with Crippen LogP contribution in [0.25, 0.3) is 0 Å². The van der Waals surface area contributed by atoms with E-state index in [4.69, 9.17) is 4.74 Å². The molecule has 0 saturated carbocycles. The van der Waals surface area contributed by atoms with Crippen molar-refractivity contribution in [1.29, 1.82) is 0 Å². The first-order valence-corrected chi connectivity index (χ1v) is 6.35. The zero-order chi connectivity index (χ0) is 12.5. The molecule has 0 aliphatic heterocycles. The van der Waals surface area contributed by atoms with Crippen LogP contribution in [0, 0.1) is 0 Å². The van der Waals surface area contributed by atoms with Crippen LogP contribution in [0.3, 0.4) is 0 Å². The minimum atomic E-state index is -3.82. The van der Waals surface area contributed by atoms with Crippen molar-refractivity contribution >= 4 is 10.0 Å². The predicted molar refractivity (Wildman–Crippen MR) is 57.5 cm³/mol. The van der Waals surface area contributed by atoms with Crippen molar-refractivity contribution in [3.8, 4) is 11.8 Å². The molecule has 1 aromatic heterocycles. The second kappa shape index (κ2) is 4.06. The Labute approximate surface area is 96.3 Å². The molecule has 0 radical (unpaired) electrons. The Morgan fingerprint density at radius 2 is 1.94 bits per heavy atom. The van der Waals surface area contributed by atoms with Gasteiger partial charge < -0.3 is 4.74 Å². The third-order valence-corrected chi connectivity index (χ3v) is 2.79. The molecular formula is C9H8N2O5S. The van der Waals surface area contributed by atoms with Gasteiger partial charge in [-0.15, -0.1) is 3.97 Å². The lowest BCUT2D eigenvalue weighted by molar-refractivity contribution is 0.351. The molecule has 0 amide bonds. The lowest BCUT2D eigenvalue weighted by atomic mass is 10.3. The van der Waals surface area contributed by atoms with Crippen LogP contribution >= 0.6 is 0 Å². The fourth-order valence-corrected chi connectivity index (χ4v) is 1.82. The Morgan fingerprint density at radius 3 is 2.53 bits per heavy atom. The van der Waals surface area contributed by atoms with Crippen LogP contribution in [0.5, 0.6) is 11.8 Å². The molecule has 0 bridgehead atoms. The van der Waals surface area contributed by atoms with Gasteiger partial charge in [0.2, 0.25) is 10.0 Å². The largest absolute Gasteiger partial charge is 0.458 e. The Balaban J connectivity index is 2.46. The topological polar surface area (TPSA) is 91.4 Å². The summed E-state index contributed by atoms with van der Waals surface area (Å²) in [5.41, 5.74) is 0. The zero-order valence-corrected chi connectivity index (χ0v) is 9.55. The van der Waals surface area contributed by atoms with Gasteiger partial charge in [-0.25, -0.2) is 13.2 Å². The number of para-hydroxylation sites is 1. The Kier molecular flexibility index (Phi) is 2.72. The third kappa shape index (κ3) is 2.36. The normalized spacial score (nSPS) is 11.4. The van der Waals surface area contributed by atoms with E-state index in [1.165, 1.54) is 0 Å². The average Bonchev–Trinajstić information content (AvgIpc) is 2.60. The molecule has 1 aromatic carbocycles. The third-order valence-electron chi connectivity index (χ3n) is 1.83. The van der Waals surface area contributed by atoms with E-state index >= 15 is 0 Å². The first-order valence-electron chi connectivity index (χ1n) is 4.50. The standard InChI is InChI=1S/C9H8N2O5S/c1-17(13,14)11-8(10-16-9(11)12)15-7-5-3-2-4-6-7/h2-6H,1H3. The fraction of sp³-hybridized carbons (Fsp3) is 0.111. The molecular weight excluding hydrogens is 248 g/mol. The number of aromatic nitrogens is 2. The highest BCUT2D eigenvalue weighted by Crippen LogP contribution is 2.18. The maximum atomic E-state index is 11.3. The van der Waals surface area contributed by atoms with Gasteiger partial charge >= 0.3 is 11.8 Å².